The van der Waals surface area contributed by atoms with Crippen molar-refractivity contribution < 1.29 is 18.7 Å². The minimum atomic E-state index is -0.530. The van der Waals surface area contributed by atoms with Crippen LogP contribution >= 0.6 is 0 Å². The highest BCUT2D eigenvalue weighted by atomic mass is 19.1. The van der Waals surface area contributed by atoms with E-state index in [4.69, 9.17) is 9.47 Å². The van der Waals surface area contributed by atoms with Crippen LogP contribution in [0.1, 0.15) is 37.3 Å². The first-order chi connectivity index (χ1) is 13.2. The van der Waals surface area contributed by atoms with Crippen LogP contribution in [-0.2, 0) is 17.6 Å². The number of hydrogen-bond acceptors (Lipinski definition) is 3. The molecule has 2 aromatic carbocycles. The smallest absolute Gasteiger partial charge is 0.261 e. The molecule has 0 saturated carbocycles. The predicted octanol–water partition coefficient (Wildman–Crippen LogP) is 4.06. The Kier molecular flexibility index (Phi) is 6.69. The lowest BCUT2D eigenvalue weighted by atomic mass is 9.92. The van der Waals surface area contributed by atoms with Crippen LogP contribution in [-0.4, -0.2) is 25.2 Å². The molecule has 0 unspecified atom stereocenters. The molecule has 1 aliphatic rings. The number of carbonyl (C=O) groups excluding carboxylic acids is 1. The van der Waals surface area contributed by atoms with Gasteiger partial charge in [0.05, 0.1) is 6.54 Å². The second kappa shape index (κ2) is 9.40. The van der Waals surface area contributed by atoms with Crippen molar-refractivity contribution in [2.24, 2.45) is 0 Å². The number of fused-ring (bicyclic) bond motifs is 1. The highest BCUT2D eigenvalue weighted by Gasteiger charge is 2.19. The standard InChI is InChI=1S/C22H26FNO3/c1-2-21(27-20-10-7-16-5-3-4-6-17(16)15-20)22(25)24-13-14-26-19-11-8-18(23)9-12-19/h7-12,15,21H,2-6,13-14H2,1H3,(H,24,25)/t21-/m0/s1. The number of benzene rings is 2. The largest absolute Gasteiger partial charge is 0.492 e. The molecule has 1 atom stereocenters. The lowest BCUT2D eigenvalue weighted by Gasteiger charge is -2.20. The van der Waals surface area contributed by atoms with Crippen molar-refractivity contribution in [3.05, 3.63) is 59.4 Å². The molecule has 0 fully saturated rings. The van der Waals surface area contributed by atoms with Crippen molar-refractivity contribution in [2.75, 3.05) is 13.2 Å². The number of ether oxygens (including phenoxy) is 2. The molecule has 1 aliphatic carbocycles. The van der Waals surface area contributed by atoms with Crippen molar-refractivity contribution >= 4 is 5.91 Å². The highest BCUT2D eigenvalue weighted by Crippen LogP contribution is 2.26. The fraction of sp³-hybridized carbons (Fsp3) is 0.409. The first-order valence-electron chi connectivity index (χ1n) is 9.60. The first kappa shape index (κ1) is 19.2. The van der Waals surface area contributed by atoms with Crippen LogP contribution in [0.5, 0.6) is 11.5 Å². The van der Waals surface area contributed by atoms with E-state index in [1.807, 2.05) is 13.0 Å². The summed E-state index contributed by atoms with van der Waals surface area (Å²) < 4.78 is 24.3. The Morgan fingerprint density at radius 2 is 1.78 bits per heavy atom. The Hall–Kier alpha value is -2.56. The van der Waals surface area contributed by atoms with Crippen molar-refractivity contribution in [3.63, 3.8) is 0 Å². The number of hydrogen-bond donors (Lipinski definition) is 1. The quantitative estimate of drug-likeness (QED) is 0.712. The van der Waals surface area contributed by atoms with Gasteiger partial charge >= 0.3 is 0 Å². The Morgan fingerprint density at radius 3 is 2.52 bits per heavy atom. The maximum Gasteiger partial charge on any atom is 0.261 e. The normalized spacial score (nSPS) is 14.1. The second-order valence-corrected chi connectivity index (χ2v) is 6.75. The van der Waals surface area contributed by atoms with Gasteiger partial charge in [0.2, 0.25) is 0 Å². The number of aryl methyl sites for hydroxylation is 2. The first-order valence-corrected chi connectivity index (χ1v) is 9.60. The van der Waals surface area contributed by atoms with E-state index in [9.17, 15) is 9.18 Å². The van der Waals surface area contributed by atoms with Gasteiger partial charge in [-0.2, -0.15) is 0 Å². The summed E-state index contributed by atoms with van der Waals surface area (Å²) in [5.74, 6) is 0.863. The van der Waals surface area contributed by atoms with Crippen LogP contribution < -0.4 is 14.8 Å². The third kappa shape index (κ3) is 5.46. The maximum absolute atomic E-state index is 12.9. The van der Waals surface area contributed by atoms with Crippen molar-refractivity contribution in [3.8, 4) is 11.5 Å². The van der Waals surface area contributed by atoms with E-state index in [-0.39, 0.29) is 11.7 Å². The van der Waals surface area contributed by atoms with Gasteiger partial charge in [-0.05, 0) is 79.6 Å². The van der Waals surface area contributed by atoms with E-state index in [1.54, 1.807) is 12.1 Å². The lowest BCUT2D eigenvalue weighted by Crippen LogP contribution is -2.39. The Labute approximate surface area is 159 Å². The van der Waals surface area contributed by atoms with E-state index in [2.05, 4.69) is 17.4 Å². The van der Waals surface area contributed by atoms with Crippen molar-refractivity contribution in [2.45, 2.75) is 45.1 Å². The van der Waals surface area contributed by atoms with E-state index >= 15 is 0 Å². The SMILES string of the molecule is CC[C@H](Oc1ccc2c(c1)CCCC2)C(=O)NCCOc1ccc(F)cc1. The van der Waals surface area contributed by atoms with Gasteiger partial charge in [-0.25, -0.2) is 4.39 Å². The molecule has 0 bridgehead atoms. The molecule has 0 radical (unpaired) electrons. The molecule has 1 N–H and O–H groups in total. The summed E-state index contributed by atoms with van der Waals surface area (Å²) in [6.07, 6.45) is 4.71. The van der Waals surface area contributed by atoms with Crippen LogP contribution in [0.2, 0.25) is 0 Å². The van der Waals surface area contributed by atoms with Crippen LogP contribution in [0.4, 0.5) is 4.39 Å². The molecule has 3 rings (SSSR count). The van der Waals surface area contributed by atoms with Gasteiger partial charge in [0.25, 0.3) is 5.91 Å². The van der Waals surface area contributed by atoms with E-state index < -0.39 is 6.10 Å². The number of rotatable bonds is 8. The predicted molar refractivity (Wildman–Crippen MR) is 103 cm³/mol. The zero-order chi connectivity index (χ0) is 19.1. The Bertz CT molecular complexity index is 761. The highest BCUT2D eigenvalue weighted by molar-refractivity contribution is 5.81. The molecule has 4 nitrogen and oxygen atoms in total. The van der Waals surface area contributed by atoms with Gasteiger partial charge < -0.3 is 14.8 Å². The molecule has 2 aromatic rings. The van der Waals surface area contributed by atoms with Crippen LogP contribution in [0.25, 0.3) is 0 Å². The van der Waals surface area contributed by atoms with Gasteiger partial charge in [-0.15, -0.1) is 0 Å². The van der Waals surface area contributed by atoms with Gasteiger partial charge in [-0.3, -0.25) is 4.79 Å². The minimum Gasteiger partial charge on any atom is -0.492 e. The Balaban J connectivity index is 1.46. The molecule has 0 spiro atoms. The molecule has 0 aliphatic heterocycles. The molecular formula is C22H26FNO3. The summed E-state index contributed by atoms with van der Waals surface area (Å²) in [4.78, 5) is 12.4. The van der Waals surface area contributed by atoms with Gasteiger partial charge in [0.15, 0.2) is 6.10 Å². The summed E-state index contributed by atoms with van der Waals surface area (Å²) >= 11 is 0. The van der Waals surface area contributed by atoms with Crippen LogP contribution in [0.3, 0.4) is 0 Å². The fourth-order valence-corrected chi connectivity index (χ4v) is 3.26. The molecular weight excluding hydrogens is 345 g/mol. The summed E-state index contributed by atoms with van der Waals surface area (Å²) in [6, 6.07) is 11.9. The second-order valence-electron chi connectivity index (χ2n) is 6.75. The van der Waals surface area contributed by atoms with Gasteiger partial charge in [-0.1, -0.05) is 13.0 Å². The fourth-order valence-electron chi connectivity index (χ4n) is 3.26. The molecule has 0 saturated heterocycles. The summed E-state index contributed by atoms with van der Waals surface area (Å²) in [6.45, 7) is 2.60. The Morgan fingerprint density at radius 1 is 1.07 bits per heavy atom. The monoisotopic (exact) mass is 371 g/mol. The van der Waals surface area contributed by atoms with E-state index in [0.29, 0.717) is 25.3 Å². The van der Waals surface area contributed by atoms with E-state index in [1.165, 1.54) is 36.1 Å². The lowest BCUT2D eigenvalue weighted by molar-refractivity contribution is -0.128. The molecule has 0 aromatic heterocycles. The van der Waals surface area contributed by atoms with Crippen LogP contribution in [0, 0.1) is 5.82 Å². The van der Waals surface area contributed by atoms with Crippen LogP contribution in [0.15, 0.2) is 42.5 Å². The minimum absolute atomic E-state index is 0.155. The zero-order valence-corrected chi connectivity index (χ0v) is 15.7. The van der Waals surface area contributed by atoms with Crippen molar-refractivity contribution in [1.29, 1.82) is 0 Å². The number of halogens is 1. The topological polar surface area (TPSA) is 47.6 Å². The number of carbonyl (C=O) groups is 1. The number of nitrogens with one attached hydrogen (secondary N) is 1. The molecule has 144 valence electrons. The molecule has 27 heavy (non-hydrogen) atoms. The third-order valence-corrected chi connectivity index (χ3v) is 4.75. The van der Waals surface area contributed by atoms with Gasteiger partial charge in [0, 0.05) is 0 Å². The average Bonchev–Trinajstić information content (AvgIpc) is 2.70. The number of amides is 1. The maximum atomic E-state index is 12.9. The summed E-state index contributed by atoms with van der Waals surface area (Å²) in [5.41, 5.74) is 2.73. The molecule has 0 heterocycles. The summed E-state index contributed by atoms with van der Waals surface area (Å²) in [5, 5.41) is 2.83. The van der Waals surface area contributed by atoms with Gasteiger partial charge in [0.1, 0.15) is 23.9 Å². The van der Waals surface area contributed by atoms with E-state index in [0.717, 1.165) is 18.6 Å². The third-order valence-electron chi connectivity index (χ3n) is 4.75. The zero-order valence-electron chi connectivity index (χ0n) is 15.7. The molecule has 1 amide bonds. The molecule has 5 heteroatoms. The average molecular weight is 371 g/mol. The summed E-state index contributed by atoms with van der Waals surface area (Å²) in [7, 11) is 0. The van der Waals surface area contributed by atoms with Crippen molar-refractivity contribution in [1.82, 2.24) is 5.32 Å².